The highest BCUT2D eigenvalue weighted by molar-refractivity contribution is 5.92. The highest BCUT2D eigenvalue weighted by Crippen LogP contribution is 2.08. The third-order valence-corrected chi connectivity index (χ3v) is 3.11. The maximum atomic E-state index is 10.7. The van der Waals surface area contributed by atoms with E-state index < -0.39 is 0 Å². The molecule has 0 aromatic heterocycles. The number of ether oxygens (including phenoxy) is 3. The van der Waals surface area contributed by atoms with Crippen LogP contribution in [0.25, 0.3) is 0 Å². The summed E-state index contributed by atoms with van der Waals surface area (Å²) in [5.41, 5.74) is 0.0839. The molecule has 0 spiro atoms. The number of carbonyl (C=O) groups excluding carboxylic acids is 3. The zero-order valence-electron chi connectivity index (χ0n) is 23.1. The van der Waals surface area contributed by atoms with Crippen LogP contribution in [0, 0.1) is 0 Å². The van der Waals surface area contributed by atoms with Crippen molar-refractivity contribution in [3.8, 4) is 0 Å². The van der Waals surface area contributed by atoms with E-state index in [-0.39, 0.29) is 34.2 Å². The Labute approximate surface area is 202 Å². The fourth-order valence-electron chi connectivity index (χ4n) is 1.43. The summed E-state index contributed by atoms with van der Waals surface area (Å²) in [6, 6.07) is 0. The van der Waals surface area contributed by atoms with E-state index >= 15 is 0 Å². The SMILES string of the molecule is C=C(COC(C)(C)C)C(C)=O.CC(=O)/C=C/COC(C)(C)C.CC(=O)/C=C/COC(C)(C)C. The Hall–Kier alpha value is -1.89. The number of hydrogen-bond acceptors (Lipinski definition) is 6. The van der Waals surface area contributed by atoms with Crippen LogP contribution in [-0.4, -0.2) is 54.0 Å². The van der Waals surface area contributed by atoms with Gasteiger partial charge in [-0.25, -0.2) is 0 Å². The number of Topliss-reactive ketones (excluding diaryl/α,β-unsaturated/α-hetero) is 1. The lowest BCUT2D eigenvalue weighted by molar-refractivity contribution is -0.115. The Morgan fingerprint density at radius 1 is 0.636 bits per heavy atom. The second-order valence-electron chi connectivity index (χ2n) is 10.4. The van der Waals surface area contributed by atoms with Gasteiger partial charge in [-0.05, 0) is 95.2 Å². The molecule has 0 fully saturated rings. The molecule has 0 aromatic carbocycles. The van der Waals surface area contributed by atoms with Gasteiger partial charge in [-0.3, -0.25) is 14.4 Å². The van der Waals surface area contributed by atoms with Gasteiger partial charge in [-0.15, -0.1) is 0 Å². The van der Waals surface area contributed by atoms with Gasteiger partial charge in [0.05, 0.1) is 36.6 Å². The van der Waals surface area contributed by atoms with E-state index in [0.29, 0.717) is 25.4 Å². The average Bonchev–Trinajstić information content (AvgIpc) is 2.59. The van der Waals surface area contributed by atoms with Crippen molar-refractivity contribution < 1.29 is 28.6 Å². The molecule has 0 aromatic rings. The third kappa shape index (κ3) is 40.9. The Morgan fingerprint density at radius 3 is 1.15 bits per heavy atom. The van der Waals surface area contributed by atoms with Gasteiger partial charge < -0.3 is 14.2 Å². The number of allylic oxidation sites excluding steroid dienone is 2. The van der Waals surface area contributed by atoms with Crippen LogP contribution in [0.5, 0.6) is 0 Å². The van der Waals surface area contributed by atoms with E-state index in [2.05, 4.69) is 6.58 Å². The average molecular weight is 469 g/mol. The first-order valence-electron chi connectivity index (χ1n) is 11.1. The normalized spacial score (nSPS) is 12.0. The fraction of sp³-hybridized carbons (Fsp3) is 0.667. The number of hydrogen-bond donors (Lipinski definition) is 0. The van der Waals surface area contributed by atoms with Crippen LogP contribution in [0.4, 0.5) is 0 Å². The first-order valence-corrected chi connectivity index (χ1v) is 11.1. The molecule has 0 rings (SSSR count). The summed E-state index contributed by atoms with van der Waals surface area (Å²) < 4.78 is 16.0. The summed E-state index contributed by atoms with van der Waals surface area (Å²) in [7, 11) is 0. The summed E-state index contributed by atoms with van der Waals surface area (Å²) in [6.45, 7) is 27.2. The molecule has 0 bridgehead atoms. The van der Waals surface area contributed by atoms with Crippen LogP contribution in [0.15, 0.2) is 36.5 Å². The van der Waals surface area contributed by atoms with Gasteiger partial charge in [0.15, 0.2) is 17.3 Å². The quantitative estimate of drug-likeness (QED) is 0.396. The third-order valence-electron chi connectivity index (χ3n) is 3.11. The molecule has 0 N–H and O–H groups in total. The summed E-state index contributed by atoms with van der Waals surface area (Å²) in [6.07, 6.45) is 6.50. The van der Waals surface area contributed by atoms with E-state index in [4.69, 9.17) is 14.2 Å². The standard InChI is InChI=1S/3C9H16O2/c1-7(8(2)10)6-11-9(3,4)5;2*1-8(10)6-5-7-11-9(2,3)4/h1,6H2,2-5H3;2*5-6H,7H2,1-4H3/b;2*6-5+. The topological polar surface area (TPSA) is 78.9 Å². The lowest BCUT2D eigenvalue weighted by Crippen LogP contribution is -2.21. The second kappa shape index (κ2) is 17.6. The Bertz CT molecular complexity index is 612. The Morgan fingerprint density at radius 2 is 0.939 bits per heavy atom. The summed E-state index contributed by atoms with van der Waals surface area (Å²) in [5, 5.41) is 0. The smallest absolute Gasteiger partial charge is 0.157 e. The Kier molecular flexibility index (Phi) is 19.0. The second-order valence-corrected chi connectivity index (χ2v) is 10.4. The molecule has 0 saturated heterocycles. The molecule has 6 nitrogen and oxygen atoms in total. The van der Waals surface area contributed by atoms with Crippen LogP contribution in [-0.2, 0) is 28.6 Å². The lowest BCUT2D eigenvalue weighted by atomic mass is 10.2. The number of ketones is 3. The predicted octanol–water partition coefficient (Wildman–Crippen LogP) is 5.84. The monoisotopic (exact) mass is 468 g/mol. The molecule has 0 unspecified atom stereocenters. The van der Waals surface area contributed by atoms with E-state index in [1.54, 1.807) is 12.2 Å². The molecule has 0 aliphatic rings. The van der Waals surface area contributed by atoms with Crippen molar-refractivity contribution in [1.29, 1.82) is 0 Å². The largest absolute Gasteiger partial charge is 0.372 e. The van der Waals surface area contributed by atoms with Gasteiger partial charge in [0.1, 0.15) is 0 Å². The molecule has 192 valence electrons. The zero-order valence-corrected chi connectivity index (χ0v) is 23.1. The molecule has 0 atom stereocenters. The van der Waals surface area contributed by atoms with Crippen LogP contribution in [0.2, 0.25) is 0 Å². The van der Waals surface area contributed by atoms with Crippen molar-refractivity contribution in [1.82, 2.24) is 0 Å². The highest BCUT2D eigenvalue weighted by atomic mass is 16.5. The number of carbonyl (C=O) groups is 3. The minimum absolute atomic E-state index is 0.00532. The van der Waals surface area contributed by atoms with Crippen LogP contribution < -0.4 is 0 Å². The summed E-state index contributed by atoms with van der Waals surface area (Å²) >= 11 is 0. The van der Waals surface area contributed by atoms with E-state index in [1.165, 1.54) is 32.9 Å². The Balaban J connectivity index is -0.000000409. The van der Waals surface area contributed by atoms with E-state index in [1.807, 2.05) is 62.3 Å². The minimum Gasteiger partial charge on any atom is -0.372 e. The number of rotatable bonds is 9. The first-order chi connectivity index (χ1) is 14.7. The summed E-state index contributed by atoms with van der Waals surface area (Å²) in [5.74, 6) is 0.110. The molecule has 0 heterocycles. The molecule has 0 radical (unpaired) electrons. The lowest BCUT2D eigenvalue weighted by Gasteiger charge is -2.19. The molecular formula is C27H48O6. The van der Waals surface area contributed by atoms with Crippen molar-refractivity contribution in [3.63, 3.8) is 0 Å². The van der Waals surface area contributed by atoms with E-state index in [9.17, 15) is 14.4 Å². The van der Waals surface area contributed by atoms with Gasteiger partial charge >= 0.3 is 0 Å². The van der Waals surface area contributed by atoms with Gasteiger partial charge in [0.2, 0.25) is 0 Å². The molecule has 6 heteroatoms. The maximum absolute atomic E-state index is 10.7. The maximum Gasteiger partial charge on any atom is 0.157 e. The van der Waals surface area contributed by atoms with Crippen LogP contribution in [0.1, 0.15) is 83.1 Å². The van der Waals surface area contributed by atoms with Crippen molar-refractivity contribution in [2.24, 2.45) is 0 Å². The molecular weight excluding hydrogens is 420 g/mol. The predicted molar refractivity (Wildman–Crippen MR) is 137 cm³/mol. The van der Waals surface area contributed by atoms with Crippen LogP contribution >= 0.6 is 0 Å². The van der Waals surface area contributed by atoms with Gasteiger partial charge in [-0.1, -0.05) is 18.7 Å². The molecule has 0 amide bonds. The first kappa shape index (κ1) is 35.7. The summed E-state index contributed by atoms with van der Waals surface area (Å²) in [4.78, 5) is 31.5. The van der Waals surface area contributed by atoms with Gasteiger partial charge in [0.25, 0.3) is 0 Å². The van der Waals surface area contributed by atoms with E-state index in [0.717, 1.165) is 0 Å². The zero-order chi connectivity index (χ0) is 26.9. The highest BCUT2D eigenvalue weighted by Gasteiger charge is 2.11. The van der Waals surface area contributed by atoms with Gasteiger partial charge in [-0.2, -0.15) is 0 Å². The molecule has 33 heavy (non-hydrogen) atoms. The fourth-order valence-corrected chi connectivity index (χ4v) is 1.43. The molecule has 0 aliphatic heterocycles. The van der Waals surface area contributed by atoms with Crippen molar-refractivity contribution in [3.05, 3.63) is 36.5 Å². The van der Waals surface area contributed by atoms with Crippen molar-refractivity contribution in [2.75, 3.05) is 19.8 Å². The molecule has 0 aliphatic carbocycles. The van der Waals surface area contributed by atoms with Crippen molar-refractivity contribution >= 4 is 17.3 Å². The van der Waals surface area contributed by atoms with Gasteiger partial charge in [0, 0.05) is 5.57 Å². The minimum atomic E-state index is -0.196. The molecule has 0 saturated carbocycles. The van der Waals surface area contributed by atoms with Crippen LogP contribution in [0.3, 0.4) is 0 Å². The van der Waals surface area contributed by atoms with Crippen molar-refractivity contribution in [2.45, 2.75) is 99.9 Å².